The zero-order chi connectivity index (χ0) is 24.2. The van der Waals surface area contributed by atoms with Gasteiger partial charge in [0.15, 0.2) is 0 Å². The van der Waals surface area contributed by atoms with Crippen molar-refractivity contribution < 1.29 is 32.9 Å². The molecule has 2 aromatic carbocycles. The first-order valence-corrected chi connectivity index (χ1v) is 10.1. The number of nitrogens with zero attached hydrogens (tertiary/aromatic N) is 2. The predicted molar refractivity (Wildman–Crippen MR) is 117 cm³/mol. The zero-order valence-electron chi connectivity index (χ0n) is 17.5. The number of rotatable bonds is 8. The number of hydrogen-bond acceptors (Lipinski definition) is 6. The van der Waals surface area contributed by atoms with E-state index in [1.54, 1.807) is 18.2 Å². The van der Waals surface area contributed by atoms with Crippen LogP contribution in [0.5, 0.6) is 5.75 Å². The van der Waals surface area contributed by atoms with Gasteiger partial charge in [-0.25, -0.2) is 18.2 Å². The van der Waals surface area contributed by atoms with E-state index < -0.39 is 36.4 Å². The highest BCUT2D eigenvalue weighted by Crippen LogP contribution is 2.32. The Morgan fingerprint density at radius 2 is 2.00 bits per heavy atom. The van der Waals surface area contributed by atoms with Crippen LogP contribution in [0.1, 0.15) is 22.3 Å². The molecule has 4 aromatic rings. The largest absolute Gasteiger partial charge is 0.491 e. The summed E-state index contributed by atoms with van der Waals surface area (Å²) in [6, 6.07) is 9.38. The van der Waals surface area contributed by atoms with E-state index in [2.05, 4.69) is 20.3 Å². The van der Waals surface area contributed by atoms with E-state index in [0.717, 1.165) is 12.1 Å². The van der Waals surface area contributed by atoms with Gasteiger partial charge >= 0.3 is 0 Å². The normalized spacial score (nSPS) is 12.2. The van der Waals surface area contributed by atoms with Crippen molar-refractivity contribution in [3.8, 4) is 17.1 Å². The molecule has 34 heavy (non-hydrogen) atoms. The summed E-state index contributed by atoms with van der Waals surface area (Å²) in [6.07, 6.45) is -1.27. The lowest BCUT2D eigenvalue weighted by Crippen LogP contribution is -2.21. The Morgan fingerprint density at radius 1 is 1.18 bits per heavy atom. The number of carbonyl (C=O) groups is 1. The Morgan fingerprint density at radius 3 is 2.76 bits per heavy atom. The highest BCUT2D eigenvalue weighted by Gasteiger charge is 2.20. The van der Waals surface area contributed by atoms with E-state index in [9.17, 15) is 23.1 Å². The number of pyridine rings is 1. The summed E-state index contributed by atoms with van der Waals surface area (Å²) in [7, 11) is 0. The summed E-state index contributed by atoms with van der Waals surface area (Å²) in [6.45, 7) is -0.576. The SMILES string of the molecule is O=C(Nc1cccc(OC[C@@H](O)CO)c1)c1cncc2[nH]c(-c3ccc(F)cc3C(F)F)nc12. The number of aromatic amines is 1. The Hall–Kier alpha value is -3.96. The number of aromatic nitrogens is 3. The molecule has 176 valence electrons. The van der Waals surface area contributed by atoms with Crippen LogP contribution in [0.15, 0.2) is 54.9 Å². The molecule has 0 aliphatic rings. The first-order chi connectivity index (χ1) is 16.4. The van der Waals surface area contributed by atoms with Crippen LogP contribution in [0, 0.1) is 5.82 Å². The maximum absolute atomic E-state index is 13.5. The molecule has 0 bridgehead atoms. The average Bonchev–Trinajstić information content (AvgIpc) is 3.26. The van der Waals surface area contributed by atoms with Gasteiger partial charge in [0.25, 0.3) is 12.3 Å². The molecule has 2 aromatic heterocycles. The quantitative estimate of drug-likeness (QED) is 0.311. The van der Waals surface area contributed by atoms with Gasteiger partial charge in [-0.2, -0.15) is 0 Å². The second-order valence-corrected chi connectivity index (χ2v) is 7.33. The third-order valence-corrected chi connectivity index (χ3v) is 4.89. The fourth-order valence-electron chi connectivity index (χ4n) is 3.26. The molecule has 2 heterocycles. The van der Waals surface area contributed by atoms with Crippen LogP contribution in [0.25, 0.3) is 22.4 Å². The van der Waals surface area contributed by atoms with E-state index in [0.29, 0.717) is 17.0 Å². The molecule has 1 amide bonds. The maximum atomic E-state index is 13.5. The number of nitrogens with one attached hydrogen (secondary N) is 2. The fraction of sp³-hybridized carbons (Fsp3) is 0.174. The van der Waals surface area contributed by atoms with Gasteiger partial charge in [0.1, 0.15) is 35.6 Å². The number of carbonyl (C=O) groups excluding carboxylic acids is 1. The van der Waals surface area contributed by atoms with E-state index in [1.165, 1.54) is 24.5 Å². The molecule has 4 rings (SSSR count). The van der Waals surface area contributed by atoms with Gasteiger partial charge < -0.3 is 25.3 Å². The van der Waals surface area contributed by atoms with Gasteiger partial charge in [0.2, 0.25) is 0 Å². The number of aliphatic hydroxyl groups is 2. The molecule has 0 fully saturated rings. The average molecular weight is 472 g/mol. The summed E-state index contributed by atoms with van der Waals surface area (Å²) >= 11 is 0. The number of H-pyrrole nitrogens is 1. The molecule has 0 spiro atoms. The van der Waals surface area contributed by atoms with Crippen molar-refractivity contribution in [1.82, 2.24) is 15.0 Å². The van der Waals surface area contributed by atoms with Crippen LogP contribution in [0.3, 0.4) is 0 Å². The number of benzene rings is 2. The number of amides is 1. The Bertz CT molecular complexity index is 1330. The van der Waals surface area contributed by atoms with Crippen molar-refractivity contribution >= 4 is 22.6 Å². The molecule has 0 aliphatic carbocycles. The lowest BCUT2D eigenvalue weighted by molar-refractivity contribution is 0.0536. The first-order valence-electron chi connectivity index (χ1n) is 10.1. The molecule has 0 aliphatic heterocycles. The van der Waals surface area contributed by atoms with E-state index in [4.69, 9.17) is 9.84 Å². The standard InChI is InChI=1S/C23H19F3N4O4/c24-12-4-5-16(17(6-12)21(25)26)22-29-19-9-27-8-18(20(19)30-22)23(33)28-13-2-1-3-15(7-13)34-11-14(32)10-31/h1-9,14,21,31-32H,10-11H2,(H,28,33)(H,29,30)/t14-/m0/s1. The minimum atomic E-state index is -2.92. The monoisotopic (exact) mass is 472 g/mol. The summed E-state index contributed by atoms with van der Waals surface area (Å²) in [5.41, 5.74) is 0.484. The minimum Gasteiger partial charge on any atom is -0.491 e. The van der Waals surface area contributed by atoms with Crippen LogP contribution < -0.4 is 10.1 Å². The molecule has 0 saturated heterocycles. The Balaban J connectivity index is 1.61. The third-order valence-electron chi connectivity index (χ3n) is 4.89. The van der Waals surface area contributed by atoms with Crippen LogP contribution >= 0.6 is 0 Å². The van der Waals surface area contributed by atoms with E-state index >= 15 is 0 Å². The molecule has 1 atom stereocenters. The summed E-state index contributed by atoms with van der Waals surface area (Å²) in [5.74, 6) is -0.949. The molecular weight excluding hydrogens is 453 g/mol. The highest BCUT2D eigenvalue weighted by atomic mass is 19.3. The summed E-state index contributed by atoms with van der Waals surface area (Å²) < 4.78 is 45.7. The lowest BCUT2D eigenvalue weighted by atomic mass is 10.1. The number of hydrogen-bond donors (Lipinski definition) is 4. The van der Waals surface area contributed by atoms with Gasteiger partial charge in [-0.05, 0) is 30.3 Å². The molecule has 0 radical (unpaired) electrons. The zero-order valence-corrected chi connectivity index (χ0v) is 17.5. The number of fused-ring (bicyclic) bond motifs is 1. The van der Waals surface area contributed by atoms with Gasteiger partial charge in [-0.3, -0.25) is 9.78 Å². The number of ether oxygens (including phenoxy) is 1. The molecule has 0 unspecified atom stereocenters. The molecule has 11 heteroatoms. The number of halogens is 3. The second kappa shape index (κ2) is 9.89. The number of imidazole rings is 1. The van der Waals surface area contributed by atoms with Crippen molar-refractivity contribution in [1.29, 1.82) is 0 Å². The van der Waals surface area contributed by atoms with E-state index in [-0.39, 0.29) is 29.1 Å². The lowest BCUT2D eigenvalue weighted by Gasteiger charge is -2.11. The molecule has 8 nitrogen and oxygen atoms in total. The number of aliphatic hydroxyl groups excluding tert-OH is 2. The molecule has 0 saturated carbocycles. The third kappa shape index (κ3) is 5.00. The van der Waals surface area contributed by atoms with Crippen molar-refractivity contribution in [3.05, 3.63) is 71.8 Å². The van der Waals surface area contributed by atoms with Crippen molar-refractivity contribution in [2.24, 2.45) is 0 Å². The van der Waals surface area contributed by atoms with Crippen molar-refractivity contribution in [2.75, 3.05) is 18.5 Å². The van der Waals surface area contributed by atoms with Gasteiger partial charge in [-0.1, -0.05) is 6.07 Å². The highest BCUT2D eigenvalue weighted by molar-refractivity contribution is 6.11. The minimum absolute atomic E-state index is 0.00822. The molecule has 4 N–H and O–H groups in total. The Labute approximate surface area is 191 Å². The predicted octanol–water partition coefficient (Wildman–Crippen LogP) is 3.69. The first kappa shape index (κ1) is 23.2. The van der Waals surface area contributed by atoms with Gasteiger partial charge in [-0.15, -0.1) is 0 Å². The fourth-order valence-corrected chi connectivity index (χ4v) is 3.26. The van der Waals surface area contributed by atoms with Crippen LogP contribution in [0.4, 0.5) is 18.9 Å². The summed E-state index contributed by atoms with van der Waals surface area (Å²) in [4.78, 5) is 24.1. The second-order valence-electron chi connectivity index (χ2n) is 7.33. The maximum Gasteiger partial charge on any atom is 0.264 e. The van der Waals surface area contributed by atoms with E-state index in [1.807, 2.05) is 0 Å². The van der Waals surface area contributed by atoms with Crippen LogP contribution in [-0.2, 0) is 0 Å². The van der Waals surface area contributed by atoms with Crippen LogP contribution in [-0.4, -0.2) is 50.4 Å². The van der Waals surface area contributed by atoms with Crippen molar-refractivity contribution in [3.63, 3.8) is 0 Å². The number of alkyl halides is 2. The van der Waals surface area contributed by atoms with Gasteiger partial charge in [0.05, 0.1) is 23.9 Å². The number of anilines is 1. The summed E-state index contributed by atoms with van der Waals surface area (Å²) in [5, 5.41) is 21.0. The topological polar surface area (TPSA) is 120 Å². The smallest absolute Gasteiger partial charge is 0.264 e. The van der Waals surface area contributed by atoms with Gasteiger partial charge in [0, 0.05) is 29.1 Å². The van der Waals surface area contributed by atoms with Crippen LogP contribution in [0.2, 0.25) is 0 Å². The molecular formula is C23H19F3N4O4. The van der Waals surface area contributed by atoms with Crippen molar-refractivity contribution in [2.45, 2.75) is 12.5 Å². The Kier molecular flexibility index (Phi) is 6.75.